The number of para-hydroxylation sites is 2. The molecule has 1 aliphatic heterocycles. The van der Waals surface area contributed by atoms with Crippen LogP contribution in [0.15, 0.2) is 152 Å². The minimum atomic E-state index is -0.250. The van der Waals surface area contributed by atoms with Crippen molar-refractivity contribution in [1.82, 2.24) is 4.98 Å². The second kappa shape index (κ2) is 10.7. The van der Waals surface area contributed by atoms with E-state index in [1.54, 1.807) is 0 Å². The Balaban J connectivity index is 1.33. The molecule has 0 saturated heterocycles. The lowest BCUT2D eigenvalue weighted by Crippen LogP contribution is -2.31. The molecule has 2 heterocycles. The lowest BCUT2D eigenvalue weighted by molar-refractivity contribution is 0.448. The zero-order chi connectivity index (χ0) is 32.4. The molecule has 0 amide bonds. The third-order valence-corrected chi connectivity index (χ3v) is 10.2. The SMILES string of the molecule is CC1(C)c2ccccc2N(c2ccc3ccc4c(N(c5ccccc5)c5ccccn5)ccc5ccc2c3c54)C1c1ccccc1C#N. The molecule has 0 radical (unpaired) electrons. The number of pyridine rings is 1. The number of nitriles is 1. The molecule has 0 saturated carbocycles. The van der Waals surface area contributed by atoms with Gasteiger partial charge in [0.25, 0.3) is 0 Å². The molecular formula is C44H32N4. The Hall–Kier alpha value is -6.18. The van der Waals surface area contributed by atoms with Crippen LogP contribution in [0.5, 0.6) is 0 Å². The van der Waals surface area contributed by atoms with Crippen LogP contribution in [0.25, 0.3) is 32.3 Å². The first-order valence-electron chi connectivity index (χ1n) is 16.4. The normalized spacial score (nSPS) is 15.2. The van der Waals surface area contributed by atoms with Crippen LogP contribution in [0.1, 0.15) is 36.6 Å². The van der Waals surface area contributed by atoms with E-state index in [1.165, 1.54) is 43.6 Å². The van der Waals surface area contributed by atoms with E-state index in [-0.39, 0.29) is 11.5 Å². The largest absolute Gasteiger partial charge is 0.332 e. The zero-order valence-corrected chi connectivity index (χ0v) is 26.8. The molecule has 4 heteroatoms. The van der Waals surface area contributed by atoms with E-state index in [0.29, 0.717) is 5.56 Å². The van der Waals surface area contributed by atoms with Crippen LogP contribution in [0.4, 0.5) is 28.6 Å². The molecule has 48 heavy (non-hydrogen) atoms. The second-order valence-electron chi connectivity index (χ2n) is 13.2. The highest BCUT2D eigenvalue weighted by Crippen LogP contribution is 2.58. The third kappa shape index (κ3) is 4.04. The van der Waals surface area contributed by atoms with E-state index in [0.717, 1.165) is 28.4 Å². The Kier molecular flexibility index (Phi) is 6.25. The van der Waals surface area contributed by atoms with Gasteiger partial charge < -0.3 is 4.90 Å². The van der Waals surface area contributed by atoms with Crippen LogP contribution < -0.4 is 9.80 Å². The molecule has 1 unspecified atom stereocenters. The van der Waals surface area contributed by atoms with Gasteiger partial charge in [0.05, 0.1) is 23.4 Å². The number of nitrogens with zero attached hydrogens (tertiary/aromatic N) is 4. The molecule has 7 aromatic carbocycles. The Morgan fingerprint density at radius 3 is 2.10 bits per heavy atom. The van der Waals surface area contributed by atoms with E-state index >= 15 is 0 Å². The van der Waals surface area contributed by atoms with Crippen LogP contribution in [-0.4, -0.2) is 4.98 Å². The minimum Gasteiger partial charge on any atom is -0.332 e. The molecule has 0 spiro atoms. The van der Waals surface area contributed by atoms with Crippen molar-refractivity contribution in [3.63, 3.8) is 0 Å². The van der Waals surface area contributed by atoms with E-state index < -0.39 is 0 Å². The summed E-state index contributed by atoms with van der Waals surface area (Å²) in [5.41, 5.74) is 7.25. The summed E-state index contributed by atoms with van der Waals surface area (Å²) in [6, 6.07) is 53.8. The molecule has 0 aliphatic carbocycles. The number of fused-ring (bicyclic) bond motifs is 1. The fourth-order valence-electron chi connectivity index (χ4n) is 8.10. The van der Waals surface area contributed by atoms with Crippen molar-refractivity contribution in [1.29, 1.82) is 5.26 Å². The Labute approximate surface area is 280 Å². The molecule has 0 bridgehead atoms. The summed E-state index contributed by atoms with van der Waals surface area (Å²) in [6.07, 6.45) is 1.85. The van der Waals surface area contributed by atoms with Crippen LogP contribution in [-0.2, 0) is 5.41 Å². The average Bonchev–Trinajstić information content (AvgIpc) is 3.38. The first-order valence-corrected chi connectivity index (χ1v) is 16.4. The van der Waals surface area contributed by atoms with Gasteiger partial charge in [-0.1, -0.05) is 111 Å². The van der Waals surface area contributed by atoms with Gasteiger partial charge in [0, 0.05) is 39.4 Å². The molecule has 0 N–H and O–H groups in total. The first-order chi connectivity index (χ1) is 23.6. The highest BCUT2D eigenvalue weighted by molar-refractivity contribution is 6.28. The van der Waals surface area contributed by atoms with Gasteiger partial charge in [-0.2, -0.15) is 5.26 Å². The van der Waals surface area contributed by atoms with Crippen molar-refractivity contribution < 1.29 is 0 Å². The highest BCUT2D eigenvalue weighted by atomic mass is 15.2. The van der Waals surface area contributed by atoms with Crippen molar-refractivity contribution >= 4 is 60.9 Å². The van der Waals surface area contributed by atoms with E-state index in [4.69, 9.17) is 4.98 Å². The summed E-state index contributed by atoms with van der Waals surface area (Å²) in [4.78, 5) is 9.53. The zero-order valence-electron chi connectivity index (χ0n) is 26.8. The van der Waals surface area contributed by atoms with Gasteiger partial charge in [-0.3, -0.25) is 4.90 Å². The predicted molar refractivity (Wildman–Crippen MR) is 198 cm³/mol. The molecule has 1 aliphatic rings. The topological polar surface area (TPSA) is 43.2 Å². The molecule has 228 valence electrons. The third-order valence-electron chi connectivity index (χ3n) is 10.2. The molecule has 1 aromatic heterocycles. The second-order valence-corrected chi connectivity index (χ2v) is 13.2. The van der Waals surface area contributed by atoms with Crippen LogP contribution in [0, 0.1) is 11.3 Å². The quantitative estimate of drug-likeness (QED) is 0.180. The van der Waals surface area contributed by atoms with Gasteiger partial charge in [0.15, 0.2) is 0 Å². The van der Waals surface area contributed by atoms with Crippen molar-refractivity contribution in [2.24, 2.45) is 0 Å². The Morgan fingerprint density at radius 2 is 1.31 bits per heavy atom. The predicted octanol–water partition coefficient (Wildman–Crippen LogP) is 11.5. The number of aromatic nitrogens is 1. The van der Waals surface area contributed by atoms with E-state index in [9.17, 15) is 5.26 Å². The number of benzene rings is 7. The molecule has 8 aromatic rings. The summed E-state index contributed by atoms with van der Waals surface area (Å²) in [5.74, 6) is 0.870. The van der Waals surface area contributed by atoms with Gasteiger partial charge in [-0.05, 0) is 81.2 Å². The van der Waals surface area contributed by atoms with Crippen molar-refractivity contribution in [2.45, 2.75) is 25.3 Å². The highest BCUT2D eigenvalue weighted by Gasteiger charge is 2.47. The van der Waals surface area contributed by atoms with Gasteiger partial charge in [0.1, 0.15) is 5.82 Å². The van der Waals surface area contributed by atoms with Crippen LogP contribution in [0.2, 0.25) is 0 Å². The standard InChI is InChI=1S/C44H32N4/c1-44(2)36-16-8-9-17-39(36)48(43(44)33-15-7-6-12-31(33)28-45)38-26-22-30-19-23-34-37(25-21-29-20-24-35(38)42(30)41(29)34)47(32-13-4-3-5-14-32)40-18-10-11-27-46-40/h3-27,43H,1-2H3. The van der Waals surface area contributed by atoms with E-state index in [1.807, 2.05) is 36.5 Å². The number of hydrogen-bond donors (Lipinski definition) is 0. The Morgan fingerprint density at radius 1 is 0.646 bits per heavy atom. The maximum Gasteiger partial charge on any atom is 0.137 e. The average molecular weight is 617 g/mol. The lowest BCUT2D eigenvalue weighted by Gasteiger charge is -2.36. The summed E-state index contributed by atoms with van der Waals surface area (Å²) < 4.78 is 0. The van der Waals surface area contributed by atoms with Crippen molar-refractivity contribution in [3.05, 3.63) is 168 Å². The number of rotatable bonds is 5. The number of hydrogen-bond acceptors (Lipinski definition) is 4. The summed E-state index contributed by atoms with van der Waals surface area (Å²) in [6.45, 7) is 4.62. The smallest absolute Gasteiger partial charge is 0.137 e. The first kappa shape index (κ1) is 28.1. The lowest BCUT2D eigenvalue weighted by atomic mass is 9.76. The maximum absolute atomic E-state index is 10.2. The summed E-state index contributed by atoms with van der Waals surface area (Å²) >= 11 is 0. The fourth-order valence-corrected chi connectivity index (χ4v) is 8.10. The molecule has 4 nitrogen and oxygen atoms in total. The van der Waals surface area contributed by atoms with Crippen LogP contribution in [0.3, 0.4) is 0 Å². The number of anilines is 5. The van der Waals surface area contributed by atoms with Crippen molar-refractivity contribution in [2.75, 3.05) is 9.80 Å². The molecule has 1 atom stereocenters. The molecule has 9 rings (SSSR count). The van der Waals surface area contributed by atoms with Gasteiger partial charge in [-0.25, -0.2) is 4.98 Å². The summed E-state index contributed by atoms with van der Waals surface area (Å²) in [5, 5.41) is 17.5. The van der Waals surface area contributed by atoms with Crippen LogP contribution >= 0.6 is 0 Å². The monoisotopic (exact) mass is 616 g/mol. The fraction of sp³-hybridized carbons (Fsp3) is 0.0909. The Bertz CT molecular complexity index is 2470. The van der Waals surface area contributed by atoms with Crippen molar-refractivity contribution in [3.8, 4) is 6.07 Å². The minimum absolute atomic E-state index is 0.0717. The van der Waals surface area contributed by atoms with E-state index in [2.05, 4.69) is 145 Å². The van der Waals surface area contributed by atoms with Gasteiger partial charge in [-0.15, -0.1) is 0 Å². The van der Waals surface area contributed by atoms with Gasteiger partial charge in [0.2, 0.25) is 0 Å². The van der Waals surface area contributed by atoms with Gasteiger partial charge >= 0.3 is 0 Å². The maximum atomic E-state index is 10.2. The molecule has 0 fully saturated rings. The summed E-state index contributed by atoms with van der Waals surface area (Å²) in [7, 11) is 0. The molecular weight excluding hydrogens is 585 g/mol.